The quantitative estimate of drug-likeness (QED) is 0.00502. The molecule has 0 aromatic carbocycles. The van der Waals surface area contributed by atoms with Crippen LogP contribution in [-0.2, 0) is 51.9 Å². The first-order valence-electron chi connectivity index (χ1n) is 40.6. The Labute approximate surface area is 848 Å². The molecule has 10 aromatic rings. The molecule has 0 unspecified atom stereocenters. The number of aliphatic carboxylic acids is 1. The molecule has 3 aliphatic rings. The molecule has 3 atom stereocenters. The third-order valence-corrected chi connectivity index (χ3v) is 17.9. The van der Waals surface area contributed by atoms with E-state index in [4.69, 9.17) is 54.5 Å². The van der Waals surface area contributed by atoms with Crippen LogP contribution in [0.2, 0.25) is 5.15 Å². The fourth-order valence-corrected chi connectivity index (χ4v) is 11.5. The van der Waals surface area contributed by atoms with Gasteiger partial charge < -0.3 is 98.6 Å². The van der Waals surface area contributed by atoms with Crippen LogP contribution in [0, 0.1) is 5.41 Å². The number of nitrogens with one attached hydrogen (secondary N) is 10. The van der Waals surface area contributed by atoms with Gasteiger partial charge in [0.1, 0.15) is 97.0 Å². The Hall–Kier alpha value is -13.4. The zero-order valence-electron chi connectivity index (χ0n) is 77.2. The summed E-state index contributed by atoms with van der Waals surface area (Å²) in [5.74, 6) is -4.59. The van der Waals surface area contributed by atoms with E-state index in [9.17, 15) is 109 Å². The van der Waals surface area contributed by atoms with Gasteiger partial charge in [-0.05, 0) is 119 Å². The van der Waals surface area contributed by atoms with Crippen molar-refractivity contribution in [3.63, 3.8) is 0 Å². The third-order valence-electron chi connectivity index (χ3n) is 17.7. The number of rotatable bonds is 20. The molecule has 3 aliphatic heterocycles. The largest absolute Gasteiger partial charge is 1.00 e. The fraction of sp³-hybridized carbons (Fsp3) is 0.455. The summed E-state index contributed by atoms with van der Waals surface area (Å²) in [6.45, 7) is 19.1. The summed E-state index contributed by atoms with van der Waals surface area (Å²) in [6, 6.07) is 11.8. The molecule has 3 fully saturated rings. The third kappa shape index (κ3) is 42.2. The van der Waals surface area contributed by atoms with Crippen LogP contribution in [0.3, 0.4) is 0 Å². The van der Waals surface area contributed by atoms with E-state index in [0.29, 0.717) is 54.3 Å². The number of aromatic amines is 7. The Kier molecular flexibility index (Phi) is 48.2. The second-order valence-corrected chi connectivity index (χ2v) is 31.3. The first kappa shape index (κ1) is 123. The maximum Gasteiger partial charge on any atom is 1.00 e. The number of amides is 2. The monoisotopic (exact) mass is 2100 g/mol. The number of Topliss-reactive ketones (excluding diaryl/α,β-unsaturated/α-hetero) is 1. The van der Waals surface area contributed by atoms with Gasteiger partial charge in [0.15, 0.2) is 17.4 Å². The van der Waals surface area contributed by atoms with E-state index in [1.54, 1.807) is 60.1 Å². The number of nitrogens with zero attached hydrogens (tertiary/aromatic N) is 17. The van der Waals surface area contributed by atoms with Crippen molar-refractivity contribution in [2.45, 2.75) is 155 Å². The molecule has 142 heavy (non-hydrogen) atoms. The molecule has 10 aromatic heterocycles. The average molecular weight is 2110 g/mol. The zero-order valence-corrected chi connectivity index (χ0v) is 81.9. The molecule has 65 heteroatoms. The molecule has 0 spiro atoms. The molecule has 13 rings (SSSR count). The number of guanidine groups is 1. The number of alkyl halides is 15. The number of anilines is 6. The number of nitrogens with two attached hydrogens (primary N) is 6. The number of hydrogen-bond acceptors (Lipinski definition) is 35. The van der Waals surface area contributed by atoms with Crippen LogP contribution in [0.15, 0.2) is 65.5 Å². The van der Waals surface area contributed by atoms with Crippen molar-refractivity contribution in [2.75, 3.05) is 106 Å². The van der Waals surface area contributed by atoms with E-state index < -0.39 is 126 Å². The van der Waals surface area contributed by atoms with E-state index in [0.717, 1.165) is 63.6 Å². The summed E-state index contributed by atoms with van der Waals surface area (Å²) in [4.78, 5) is 124. The first-order chi connectivity index (χ1) is 65.1. The smallest absolute Gasteiger partial charge is 0.550 e. The summed E-state index contributed by atoms with van der Waals surface area (Å²) in [5.41, 5.74) is 26.2. The number of likely N-dealkylation sites (N-methyl/N-ethyl adjacent to an activating group) is 3. The van der Waals surface area contributed by atoms with Gasteiger partial charge in [-0.3, -0.25) is 60.2 Å². The second-order valence-electron chi connectivity index (χ2n) is 30.9. The van der Waals surface area contributed by atoms with Crippen LogP contribution >= 0.6 is 24.0 Å². The van der Waals surface area contributed by atoms with E-state index in [-0.39, 0.29) is 187 Å². The summed E-state index contributed by atoms with van der Waals surface area (Å²) in [6.07, 6.45) is -20.8. The number of carboxylic acid groups (broad SMARTS) is 2. The number of ether oxygens (including phenoxy) is 4. The predicted octanol–water partition coefficient (Wildman–Crippen LogP) is 5.68. The van der Waals surface area contributed by atoms with Crippen LogP contribution in [0.25, 0.3) is 45.6 Å². The van der Waals surface area contributed by atoms with Crippen molar-refractivity contribution in [2.24, 2.45) is 11.5 Å². The van der Waals surface area contributed by atoms with Crippen molar-refractivity contribution < 1.29 is 180 Å². The maximum atomic E-state index is 12.8. The molecule has 0 aliphatic carbocycles. The average Bonchev–Trinajstić information content (AvgIpc) is 1.66. The summed E-state index contributed by atoms with van der Waals surface area (Å²) in [5, 5.41) is 63.3. The minimum atomic E-state index is -4.60. The van der Waals surface area contributed by atoms with Crippen LogP contribution in [0.4, 0.5) is 111 Å². The van der Waals surface area contributed by atoms with Crippen LogP contribution in [0.5, 0.6) is 0 Å². The van der Waals surface area contributed by atoms with E-state index in [1.807, 2.05) is 63.5 Å². The molecular formula is C77H99Cl2F15KN33O14. The molecular weight excluding hydrogens is 2010 g/mol. The Morgan fingerprint density at radius 1 is 0.535 bits per heavy atom. The zero-order chi connectivity index (χ0) is 105. The number of carbonyl (C=O) groups excluding carboxylic acids is 6. The van der Waals surface area contributed by atoms with Gasteiger partial charge in [-0.1, -0.05) is 11.6 Å². The maximum absolute atomic E-state index is 12.8. The van der Waals surface area contributed by atoms with Gasteiger partial charge in [0.05, 0.1) is 54.4 Å². The first-order valence-corrected chi connectivity index (χ1v) is 41.0. The Balaban J connectivity index is 0.000000423. The number of carboxylic acids is 2. The number of aromatic nitrogens is 20. The van der Waals surface area contributed by atoms with Gasteiger partial charge >= 0.3 is 100 Å². The number of hydrogen-bond donors (Lipinski definition) is 17. The van der Waals surface area contributed by atoms with Crippen LogP contribution in [-0.4, -0.2) is 267 Å². The van der Waals surface area contributed by atoms with Crippen molar-refractivity contribution in [3.05, 3.63) is 122 Å². The van der Waals surface area contributed by atoms with Gasteiger partial charge in [0.2, 0.25) is 23.8 Å². The molecule has 0 radical (unpaired) electrons. The summed E-state index contributed by atoms with van der Waals surface area (Å²) < 4.78 is 204. The normalized spacial score (nSPS) is 14.2. The van der Waals surface area contributed by atoms with Crippen molar-refractivity contribution >= 4 is 107 Å². The van der Waals surface area contributed by atoms with Crippen molar-refractivity contribution in [3.8, 4) is 45.6 Å². The number of H-pyrrole nitrogens is 7. The van der Waals surface area contributed by atoms with Gasteiger partial charge in [-0.2, -0.15) is 80.1 Å². The predicted molar refractivity (Wildman–Crippen MR) is 473 cm³/mol. The van der Waals surface area contributed by atoms with Crippen molar-refractivity contribution in [1.82, 2.24) is 121 Å². The standard InChI is InChI=1S/C18H25F2N7O2.C13H16F3N7.C10H20N2O2.C9H9F3N2O3.C8H6ClF2N5.C8H7F2N5O.C5H3F3N2O2.C5H8O4.CH5N3.ClH.K/c1-18(2,3)29-17(28)26(4)10-5-6-27(9-10)14-8-11(22-16(21)23-14)12-7-13(15(19)20)25-24-12;1-18-7-2-3-23(6-7)11-5-8(19-12(17)20-11)9-4-10(22-21-9)13(14,15)16;1-10(2,3)14-9(13)12(4)8-5-6-11-7-8;1-2-17-8(16)4-6(15)5-3-7(14-13-5)9(10,11)12;9-6-2-3(13-8(12)14-6)4-1-5(7(10)11)16-15-4;9-7(10)5-1-4(14-15-5)3-2-6(16)13-8(11)12-3;6-5(7,8)3-1-2(4(11)12)9-10-3;1-2-9-5(8)3-4(6)7;2-1(3)4;;/h7-8,10,15H,5-6,9H2,1-4H3,(H,24,25)(H2,21,22,23);4-5,7,18H,2-3,6H2,1H3,(H,21,22)(H2,17,19,20);8,11H,5-7H2,1-4H3;3H,2,4H2,1H3,(H,13,14);1-2,7H,(H,15,16)(H2,12,13,14);1-2,7H,(H,14,15)(H3,11,12,13,16);1H,(H,9,10)(H,11,12);2-3H2,1H3,(H,6,7);(H5,2,3,4);1H;/q;;;;;;;;;;+1/p-1/t10-;7-;8-;;;;;;;;/m111......../s1. The molecule has 2 amide bonds. The van der Waals surface area contributed by atoms with Gasteiger partial charge in [-0.15, -0.1) is 12.4 Å². The minimum Gasteiger partial charge on any atom is -0.550 e. The van der Waals surface area contributed by atoms with Crippen LogP contribution in [0.1, 0.15) is 162 Å². The molecule has 3 saturated heterocycles. The summed E-state index contributed by atoms with van der Waals surface area (Å²) >= 11 is 5.65. The number of aromatic carboxylic acids is 1. The molecule has 0 saturated carbocycles. The topological polar surface area (TPSA) is 712 Å². The second kappa shape index (κ2) is 55.7. The molecule has 13 heterocycles. The molecule has 0 bridgehead atoms. The van der Waals surface area contributed by atoms with Gasteiger partial charge in [-0.25, -0.2) is 65.6 Å². The number of esters is 2. The number of halogens is 17. The Morgan fingerprint density at radius 3 is 1.27 bits per heavy atom. The van der Waals surface area contributed by atoms with Crippen LogP contribution < -0.4 is 117 Å². The molecule has 23 N–H and O–H groups in total. The van der Waals surface area contributed by atoms with Gasteiger partial charge in [0, 0.05) is 89.2 Å². The molecule has 776 valence electrons. The number of carbonyl (C=O) groups is 7. The number of ketones is 1. The minimum absolute atomic E-state index is 0. The number of nitrogen functional groups attached to an aromatic ring is 4. The van der Waals surface area contributed by atoms with E-state index in [1.165, 1.54) is 18.2 Å². The Morgan fingerprint density at radius 2 is 0.915 bits per heavy atom. The molecule has 47 nitrogen and oxygen atoms in total. The Bertz CT molecular complexity index is 5790. The SMILES string of the molecule is CCOC(=O)CC(=O)[O-].CCOC(=O)CC(=O)c1cc(C(F)(F)F)[nH]n1.CN(C(=O)OC(C)(C)C)[C@@H]1CCN(c2cc(-c3cc(C(F)F)[nH]n3)nc(N)n2)C1.CN(C(=O)OC(C)(C)C)[C@@H]1CCNC1.CN[C@@H]1CCN(c2cc(-c3cc(C(F)(F)F)[nH]n3)nc(N)n2)C1.Cl.N=C(N)N.Nc1nc(-c2cc(C(F)F)[nH]n2)cc(=O)[nH]1.Nc1nc(Cl)cc(-c2cc(C(F)F)[nH]n2)n1.O=C(O)c1cc(C(F)(F)F)[nH]n1.[K+]. The van der Waals surface area contributed by atoms with Crippen molar-refractivity contribution in [1.29, 1.82) is 5.41 Å². The van der Waals surface area contributed by atoms with E-state index in [2.05, 4.69) is 117 Å². The van der Waals surface area contributed by atoms with E-state index >= 15 is 0 Å². The fourth-order valence-electron chi connectivity index (χ4n) is 11.4. The van der Waals surface area contributed by atoms with Gasteiger partial charge in [0.25, 0.3) is 24.8 Å². The summed E-state index contributed by atoms with van der Waals surface area (Å²) in [7, 11) is 5.39.